The molecule has 0 fully saturated rings. The fraction of sp³-hybridized carbons (Fsp3) is 0.188. The van der Waals surface area contributed by atoms with Crippen LogP contribution in [0.2, 0.25) is 0 Å². The van der Waals surface area contributed by atoms with Gasteiger partial charge >= 0.3 is 42.5 Å². The van der Waals surface area contributed by atoms with Gasteiger partial charge in [-0.3, -0.25) is 0 Å². The molecule has 0 unspecified atom stereocenters. The van der Waals surface area contributed by atoms with Crippen LogP contribution in [0.3, 0.4) is 0 Å². The van der Waals surface area contributed by atoms with Gasteiger partial charge in [0.05, 0.1) is 0 Å². The van der Waals surface area contributed by atoms with Crippen molar-refractivity contribution in [2.75, 3.05) is 12.5 Å². The van der Waals surface area contributed by atoms with E-state index in [9.17, 15) is 21.7 Å². The van der Waals surface area contributed by atoms with Crippen molar-refractivity contribution < 1.29 is 31.1 Å². The van der Waals surface area contributed by atoms with E-state index >= 15 is 0 Å². The fourth-order valence-corrected chi connectivity index (χ4v) is 2.30. The van der Waals surface area contributed by atoms with Crippen molar-refractivity contribution in [3.63, 3.8) is 0 Å². The van der Waals surface area contributed by atoms with Gasteiger partial charge in [-0.2, -0.15) is 0 Å². The molecule has 3 nitrogen and oxygen atoms in total. The molecule has 0 N–H and O–H groups in total. The molecule has 0 aromatic heterocycles. The second kappa shape index (κ2) is 8.22. The van der Waals surface area contributed by atoms with Crippen molar-refractivity contribution in [3.8, 4) is 5.75 Å². The Morgan fingerprint density at radius 1 is 0.889 bits per heavy atom. The summed E-state index contributed by atoms with van der Waals surface area (Å²) in [5.74, 6) is 0.497. The molecule has 0 saturated carbocycles. The van der Waals surface area contributed by atoms with E-state index in [1.807, 2.05) is 42.5 Å². The number of ether oxygens (including phenoxy) is 2. The van der Waals surface area contributed by atoms with Gasteiger partial charge in [-0.05, 0) is 29.8 Å². The third kappa shape index (κ3) is 14.2. The van der Waals surface area contributed by atoms with Gasteiger partial charge in [0, 0.05) is 10.9 Å². The average molecular weight is 525 g/mol. The van der Waals surface area contributed by atoms with Crippen LogP contribution in [0.4, 0.5) is 21.7 Å². The molecule has 152 valence electrons. The van der Waals surface area contributed by atoms with Gasteiger partial charge in [-0.15, -0.1) is 0 Å². The van der Waals surface area contributed by atoms with E-state index in [2.05, 4.69) is 12.5 Å². The quantitative estimate of drug-likeness (QED) is 0.167. The monoisotopic (exact) mass is 524 g/mol. The Labute approximate surface area is 157 Å². The maximum atomic E-state index is 11.6. The molecule has 0 radical (unpaired) electrons. The summed E-state index contributed by atoms with van der Waals surface area (Å²) in [6.07, 6.45) is 3.60. The van der Waals surface area contributed by atoms with Crippen LogP contribution < -0.4 is 4.74 Å². The van der Waals surface area contributed by atoms with Crippen LogP contribution in [0.15, 0.2) is 59.5 Å². The van der Waals surface area contributed by atoms with Gasteiger partial charge in [0.2, 0.25) is 0 Å². The summed E-state index contributed by atoms with van der Waals surface area (Å²) in [4.78, 5) is 12.8. The summed E-state index contributed by atoms with van der Waals surface area (Å²) in [7, 11) is 0.200. The van der Waals surface area contributed by atoms with Crippen molar-refractivity contribution in [3.05, 3.63) is 60.2 Å². The Balaban J connectivity index is 0.000000445. The molecule has 0 aliphatic carbocycles. The van der Waals surface area contributed by atoms with Gasteiger partial charge in [0.25, 0.3) is 0 Å². The number of carbonyl (C=O) groups is 1. The van der Waals surface area contributed by atoms with Crippen molar-refractivity contribution in [1.82, 2.24) is 0 Å². The zero-order valence-corrected chi connectivity index (χ0v) is 17.6. The number of carbonyl (C=O) groups excluding carboxylic acids is 1. The van der Waals surface area contributed by atoms with Crippen molar-refractivity contribution in [1.29, 1.82) is 0 Å². The molecule has 2 aromatic rings. The van der Waals surface area contributed by atoms with Crippen LogP contribution in [-0.4, -0.2) is 38.1 Å². The Kier molecular flexibility index (Phi) is 7.16. The van der Waals surface area contributed by atoms with E-state index in [-0.39, 0.29) is 17.5 Å². The number of benzene rings is 2. The van der Waals surface area contributed by atoms with Crippen molar-refractivity contribution in [2.24, 2.45) is 0 Å². The summed E-state index contributed by atoms with van der Waals surface area (Å²) >= 11 is -11.2. The number of hydrogen-bond donors (Lipinski definition) is 0. The predicted molar refractivity (Wildman–Crippen MR) is 93.6 cm³/mol. The second-order valence-corrected chi connectivity index (χ2v) is 12.9. The topological polar surface area (TPSA) is 35.5 Å². The molecule has 0 bridgehead atoms. The zero-order valence-electron chi connectivity index (χ0n) is 14.3. The van der Waals surface area contributed by atoms with Crippen LogP contribution in [0.25, 0.3) is 0 Å². The second-order valence-electron chi connectivity index (χ2n) is 5.37. The molecular weight excluding hydrogens is 508 g/mol. The van der Waals surface area contributed by atoms with Crippen LogP contribution in [-0.2, 0) is 22.2 Å². The summed E-state index contributed by atoms with van der Waals surface area (Å²) in [6, 6.07) is 17.0. The van der Waals surface area contributed by atoms with Gasteiger partial charge in [0.15, 0.2) is 4.90 Å². The molecule has 2 aromatic carbocycles. The first-order chi connectivity index (χ1) is 12.1. The van der Waals surface area contributed by atoms with Gasteiger partial charge in [-0.1, -0.05) is 30.3 Å². The Hall–Kier alpha value is -1.54. The molecule has 0 heterocycles. The first-order valence-electron chi connectivity index (χ1n) is 7.23. The number of hydrogen-bond acceptors (Lipinski definition) is 3. The Bertz CT molecular complexity index is 738. The summed E-state index contributed by atoms with van der Waals surface area (Å²) in [6.45, 7) is 0.213. The normalized spacial score (nSPS) is 13.7. The predicted octanol–water partition coefficient (Wildman–Crippen LogP) is 5.78. The standard InChI is InChI=1S/C16H17O3S.6FH.Sb/c1-20(2)15-10-8-14(9-11-15)19-16(17)18-12-13-6-4-3-5-7-13;;;;;;;/h3-11H,12H2,1-2H3;6*1H;/q+1;;;;;;;+5/p-6. The minimum absolute atomic E-state index is 0.200. The molecule has 2 rings (SSSR count). The van der Waals surface area contributed by atoms with Gasteiger partial charge in [0.1, 0.15) is 24.9 Å². The van der Waals surface area contributed by atoms with Gasteiger partial charge in [-0.25, -0.2) is 4.79 Å². The van der Waals surface area contributed by atoms with E-state index in [1.165, 1.54) is 4.90 Å². The van der Waals surface area contributed by atoms with E-state index < -0.39 is 25.6 Å². The summed E-state index contributed by atoms with van der Waals surface area (Å²) in [5, 5.41) is 0. The Morgan fingerprint density at radius 2 is 1.37 bits per heavy atom. The zero-order chi connectivity index (χ0) is 20.8. The molecule has 0 spiro atoms. The number of halogens is 6. The summed E-state index contributed by atoms with van der Waals surface area (Å²) < 4.78 is 69.7. The molecule has 0 aliphatic heterocycles. The molecular formula is C16H17F6O3SSb. The van der Waals surface area contributed by atoms with Crippen LogP contribution in [0.1, 0.15) is 5.56 Å². The average Bonchev–Trinajstić information content (AvgIpc) is 2.51. The van der Waals surface area contributed by atoms with Crippen molar-refractivity contribution >= 4 is 36.5 Å². The SMILES string of the molecule is C[S+](C)c1ccc(OC(=O)OCc2ccccc2)cc1.[F][Sb-]([F])([F])([F])([F])[F]. The van der Waals surface area contributed by atoms with Crippen LogP contribution in [0.5, 0.6) is 5.75 Å². The first-order valence-corrected chi connectivity index (χ1v) is 15.1. The Morgan fingerprint density at radius 3 is 1.81 bits per heavy atom. The summed E-state index contributed by atoms with van der Waals surface area (Å²) in [5.41, 5.74) is 0.931. The van der Waals surface area contributed by atoms with E-state index in [0.717, 1.165) is 5.56 Å². The third-order valence-corrected chi connectivity index (χ3v) is 3.91. The van der Waals surface area contributed by atoms with E-state index in [0.29, 0.717) is 5.75 Å². The van der Waals surface area contributed by atoms with Crippen LogP contribution in [0, 0.1) is 0 Å². The molecule has 0 atom stereocenters. The first kappa shape index (κ1) is 23.5. The van der Waals surface area contributed by atoms with Gasteiger partial charge < -0.3 is 9.47 Å². The molecule has 0 saturated heterocycles. The van der Waals surface area contributed by atoms with Crippen molar-refractivity contribution in [2.45, 2.75) is 11.5 Å². The molecule has 0 aliphatic rings. The molecule has 27 heavy (non-hydrogen) atoms. The van der Waals surface area contributed by atoms with E-state index in [4.69, 9.17) is 9.47 Å². The molecule has 11 heteroatoms. The maximum absolute atomic E-state index is 11.6. The number of rotatable bonds is 4. The third-order valence-electron chi connectivity index (χ3n) is 2.70. The molecule has 0 amide bonds. The fourth-order valence-electron chi connectivity index (χ4n) is 1.62. The minimum atomic E-state index is -11.2. The van der Waals surface area contributed by atoms with E-state index in [1.54, 1.807) is 12.1 Å². The van der Waals surface area contributed by atoms with Crippen LogP contribution >= 0.6 is 0 Å².